The molecule has 0 amide bonds. The zero-order chi connectivity index (χ0) is 13.0. The van der Waals surface area contributed by atoms with Gasteiger partial charge in [0.1, 0.15) is 0 Å². The topological polar surface area (TPSA) is 52.3 Å². The summed E-state index contributed by atoms with van der Waals surface area (Å²) in [5.41, 5.74) is 6.77. The first-order valence-electron chi connectivity index (χ1n) is 6.00. The van der Waals surface area contributed by atoms with Crippen molar-refractivity contribution >= 4 is 16.7 Å². The highest BCUT2D eigenvalue weighted by Gasteiger charge is 2.18. The summed E-state index contributed by atoms with van der Waals surface area (Å²) in [4.78, 5) is 11.6. The first-order valence-corrected chi connectivity index (χ1v) is 6.00. The lowest BCUT2D eigenvalue weighted by Gasteiger charge is -2.13. The molecule has 2 aromatic carbocycles. The SMILES string of the molecule is COC(=O)[C@H](CN)Cc1cccc2ccccc12. The molecular formula is C15H17NO2. The summed E-state index contributed by atoms with van der Waals surface area (Å²) in [7, 11) is 1.40. The lowest BCUT2D eigenvalue weighted by molar-refractivity contribution is -0.145. The third-order valence-electron chi connectivity index (χ3n) is 3.17. The van der Waals surface area contributed by atoms with Crippen molar-refractivity contribution in [3.8, 4) is 0 Å². The second-order valence-electron chi connectivity index (χ2n) is 4.30. The third-order valence-corrected chi connectivity index (χ3v) is 3.17. The zero-order valence-electron chi connectivity index (χ0n) is 10.4. The molecule has 0 aliphatic rings. The van der Waals surface area contributed by atoms with E-state index in [2.05, 4.69) is 18.2 Å². The standard InChI is InChI=1S/C15H17NO2/c1-18-15(17)13(10-16)9-12-7-4-6-11-5-2-3-8-14(11)12/h2-8,13H,9-10,16H2,1H3/t13-/m0/s1. The number of esters is 1. The van der Waals surface area contributed by atoms with E-state index in [0.29, 0.717) is 13.0 Å². The monoisotopic (exact) mass is 243 g/mol. The van der Waals surface area contributed by atoms with E-state index in [1.807, 2.05) is 24.3 Å². The highest BCUT2D eigenvalue weighted by molar-refractivity contribution is 5.86. The predicted molar refractivity (Wildman–Crippen MR) is 72.2 cm³/mol. The normalized spacial score (nSPS) is 12.3. The van der Waals surface area contributed by atoms with E-state index in [1.165, 1.54) is 17.9 Å². The molecule has 0 radical (unpaired) electrons. The van der Waals surface area contributed by atoms with E-state index < -0.39 is 0 Å². The Morgan fingerprint density at radius 1 is 1.22 bits per heavy atom. The number of hydrogen-bond acceptors (Lipinski definition) is 3. The number of methoxy groups -OCH3 is 1. The van der Waals surface area contributed by atoms with Crippen LogP contribution < -0.4 is 5.73 Å². The minimum absolute atomic E-state index is 0.245. The fraction of sp³-hybridized carbons (Fsp3) is 0.267. The number of carbonyl (C=O) groups excluding carboxylic acids is 1. The van der Waals surface area contributed by atoms with Crippen molar-refractivity contribution in [3.63, 3.8) is 0 Å². The molecule has 0 heterocycles. The average molecular weight is 243 g/mol. The average Bonchev–Trinajstić information content (AvgIpc) is 2.44. The van der Waals surface area contributed by atoms with Crippen LogP contribution in [-0.2, 0) is 16.0 Å². The molecule has 0 aliphatic heterocycles. The van der Waals surface area contributed by atoms with Gasteiger partial charge < -0.3 is 10.5 Å². The Morgan fingerprint density at radius 2 is 1.94 bits per heavy atom. The molecule has 0 spiro atoms. The van der Waals surface area contributed by atoms with E-state index in [1.54, 1.807) is 0 Å². The number of carbonyl (C=O) groups is 1. The lowest BCUT2D eigenvalue weighted by Crippen LogP contribution is -2.26. The van der Waals surface area contributed by atoms with Crippen LogP contribution in [0.3, 0.4) is 0 Å². The van der Waals surface area contributed by atoms with Gasteiger partial charge in [0, 0.05) is 6.54 Å². The van der Waals surface area contributed by atoms with Crippen molar-refractivity contribution in [2.45, 2.75) is 6.42 Å². The Morgan fingerprint density at radius 3 is 2.67 bits per heavy atom. The smallest absolute Gasteiger partial charge is 0.310 e. The van der Waals surface area contributed by atoms with Gasteiger partial charge in [0.25, 0.3) is 0 Å². The van der Waals surface area contributed by atoms with Crippen LogP contribution in [0.1, 0.15) is 5.56 Å². The minimum atomic E-state index is -0.277. The van der Waals surface area contributed by atoms with Crippen LogP contribution in [-0.4, -0.2) is 19.6 Å². The summed E-state index contributed by atoms with van der Waals surface area (Å²) in [6.45, 7) is 0.301. The van der Waals surface area contributed by atoms with Crippen molar-refractivity contribution in [3.05, 3.63) is 48.0 Å². The van der Waals surface area contributed by atoms with E-state index in [9.17, 15) is 4.79 Å². The van der Waals surface area contributed by atoms with Gasteiger partial charge in [-0.05, 0) is 22.8 Å². The van der Waals surface area contributed by atoms with E-state index >= 15 is 0 Å². The van der Waals surface area contributed by atoms with Crippen LogP contribution in [0.2, 0.25) is 0 Å². The lowest BCUT2D eigenvalue weighted by atomic mass is 9.95. The molecule has 0 bridgehead atoms. The Labute approximate surface area is 107 Å². The van der Waals surface area contributed by atoms with E-state index in [0.717, 1.165) is 5.56 Å². The fourth-order valence-electron chi connectivity index (χ4n) is 2.17. The Hall–Kier alpha value is -1.87. The molecular weight excluding hydrogens is 226 g/mol. The van der Waals surface area contributed by atoms with Crippen LogP contribution >= 0.6 is 0 Å². The molecule has 0 unspecified atom stereocenters. The molecule has 0 saturated heterocycles. The fourth-order valence-corrected chi connectivity index (χ4v) is 2.17. The zero-order valence-corrected chi connectivity index (χ0v) is 10.4. The van der Waals surface area contributed by atoms with Gasteiger partial charge in [-0.1, -0.05) is 42.5 Å². The van der Waals surface area contributed by atoms with Gasteiger partial charge in [-0.3, -0.25) is 4.79 Å². The van der Waals surface area contributed by atoms with Crippen LogP contribution in [0.5, 0.6) is 0 Å². The van der Waals surface area contributed by atoms with Crippen molar-refractivity contribution < 1.29 is 9.53 Å². The molecule has 0 aliphatic carbocycles. The molecule has 0 aromatic heterocycles. The molecule has 1 atom stereocenters. The summed E-state index contributed by atoms with van der Waals surface area (Å²) in [5, 5.41) is 2.35. The number of benzene rings is 2. The first kappa shape index (κ1) is 12.6. The molecule has 94 valence electrons. The van der Waals surface area contributed by atoms with Crippen LogP contribution in [0.25, 0.3) is 10.8 Å². The van der Waals surface area contributed by atoms with Gasteiger partial charge in [-0.2, -0.15) is 0 Å². The van der Waals surface area contributed by atoms with Gasteiger partial charge >= 0.3 is 5.97 Å². The summed E-state index contributed by atoms with van der Waals surface area (Å²) >= 11 is 0. The van der Waals surface area contributed by atoms with Crippen molar-refractivity contribution in [2.24, 2.45) is 11.7 Å². The predicted octanol–water partition coefficient (Wildman–Crippen LogP) is 2.13. The van der Waals surface area contributed by atoms with Gasteiger partial charge in [0.15, 0.2) is 0 Å². The van der Waals surface area contributed by atoms with Crippen LogP contribution in [0.4, 0.5) is 0 Å². The number of hydrogen-bond donors (Lipinski definition) is 1. The molecule has 3 nitrogen and oxygen atoms in total. The van der Waals surface area contributed by atoms with Crippen LogP contribution in [0.15, 0.2) is 42.5 Å². The van der Waals surface area contributed by atoms with Gasteiger partial charge in [-0.15, -0.1) is 0 Å². The molecule has 2 rings (SSSR count). The maximum Gasteiger partial charge on any atom is 0.310 e. The van der Waals surface area contributed by atoms with Crippen LogP contribution in [0, 0.1) is 5.92 Å². The second kappa shape index (κ2) is 5.65. The largest absolute Gasteiger partial charge is 0.469 e. The molecule has 3 heteroatoms. The maximum atomic E-state index is 11.6. The number of rotatable bonds is 4. The molecule has 2 N–H and O–H groups in total. The highest BCUT2D eigenvalue weighted by atomic mass is 16.5. The summed E-state index contributed by atoms with van der Waals surface area (Å²) < 4.78 is 4.77. The second-order valence-corrected chi connectivity index (χ2v) is 4.30. The highest BCUT2D eigenvalue weighted by Crippen LogP contribution is 2.21. The van der Waals surface area contributed by atoms with E-state index in [-0.39, 0.29) is 11.9 Å². The molecule has 0 fully saturated rings. The first-order chi connectivity index (χ1) is 8.76. The summed E-state index contributed by atoms with van der Waals surface area (Å²) in [6, 6.07) is 14.2. The van der Waals surface area contributed by atoms with Gasteiger partial charge in [0.05, 0.1) is 13.0 Å². The Bertz CT molecular complexity index is 546. The number of ether oxygens (including phenoxy) is 1. The summed E-state index contributed by atoms with van der Waals surface area (Å²) in [5.74, 6) is -0.522. The number of fused-ring (bicyclic) bond motifs is 1. The minimum Gasteiger partial charge on any atom is -0.469 e. The molecule has 2 aromatic rings. The molecule has 18 heavy (non-hydrogen) atoms. The van der Waals surface area contributed by atoms with Gasteiger partial charge in [-0.25, -0.2) is 0 Å². The Balaban J connectivity index is 2.33. The quantitative estimate of drug-likeness (QED) is 0.837. The number of nitrogens with two attached hydrogens (primary N) is 1. The summed E-state index contributed by atoms with van der Waals surface area (Å²) in [6.07, 6.45) is 0.616. The van der Waals surface area contributed by atoms with Crippen molar-refractivity contribution in [2.75, 3.05) is 13.7 Å². The maximum absolute atomic E-state index is 11.6. The van der Waals surface area contributed by atoms with Crippen molar-refractivity contribution in [1.29, 1.82) is 0 Å². The Kier molecular flexibility index (Phi) is 3.95. The third kappa shape index (κ3) is 2.51. The van der Waals surface area contributed by atoms with Crippen molar-refractivity contribution in [1.82, 2.24) is 0 Å². The molecule has 0 saturated carbocycles. The van der Waals surface area contributed by atoms with E-state index in [4.69, 9.17) is 10.5 Å². The van der Waals surface area contributed by atoms with Gasteiger partial charge in [0.2, 0.25) is 0 Å².